The molecular formula is C17H34N2O11. The molecule has 0 saturated carbocycles. The molecule has 0 spiro atoms. The molecule has 0 aromatic carbocycles. The third kappa shape index (κ3) is 7.62. The van der Waals surface area contributed by atoms with Crippen LogP contribution in [0.4, 0.5) is 0 Å². The number of carbonyl (C=O) groups excluding carboxylic acids is 1. The van der Waals surface area contributed by atoms with Crippen LogP contribution in [0.25, 0.3) is 0 Å². The van der Waals surface area contributed by atoms with Crippen molar-refractivity contribution in [1.82, 2.24) is 10.6 Å². The van der Waals surface area contributed by atoms with Crippen molar-refractivity contribution in [2.45, 2.75) is 68.5 Å². The van der Waals surface area contributed by atoms with Gasteiger partial charge in [-0.05, 0) is 0 Å². The Balaban J connectivity index is 2.68. The number of aliphatic hydroxyl groups excluding tert-OH is 8. The first kappa shape index (κ1) is 27.1. The summed E-state index contributed by atoms with van der Waals surface area (Å²) in [5.41, 5.74) is 0. The maximum atomic E-state index is 11.1. The molecular weight excluding hydrogens is 408 g/mol. The lowest BCUT2D eigenvalue weighted by Crippen LogP contribution is -2.61. The molecule has 0 bridgehead atoms. The molecule has 1 heterocycles. The van der Waals surface area contributed by atoms with Gasteiger partial charge < -0.3 is 61.0 Å². The molecule has 1 aliphatic heterocycles. The first-order valence-corrected chi connectivity index (χ1v) is 9.76. The predicted octanol–water partition coefficient (Wildman–Crippen LogP) is -5.64. The molecule has 13 heteroatoms. The number of aliphatic hydroxyl groups is 8. The number of amides is 1. The minimum atomic E-state index is -1.79. The quantitative estimate of drug-likeness (QED) is 0.121. The summed E-state index contributed by atoms with van der Waals surface area (Å²) in [6.07, 6.45) is -14.3. The SMILES string of the molecule is CCC(=O)NCCNCC(O)C(O)C(OC1OC(CO)C(O)C(O)C1O)C(O)CO. The normalized spacial score (nSPS) is 31.0. The lowest BCUT2D eigenvalue weighted by atomic mass is 9.98. The molecule has 178 valence electrons. The fourth-order valence-electron chi connectivity index (χ4n) is 2.84. The van der Waals surface area contributed by atoms with Crippen LogP contribution in [0.15, 0.2) is 0 Å². The number of nitrogens with one attached hydrogen (secondary N) is 2. The summed E-state index contributed by atoms with van der Waals surface area (Å²) in [5.74, 6) is -0.142. The van der Waals surface area contributed by atoms with Gasteiger partial charge in [0.05, 0.1) is 19.3 Å². The van der Waals surface area contributed by atoms with E-state index in [-0.39, 0.29) is 19.0 Å². The third-order valence-corrected chi connectivity index (χ3v) is 4.74. The van der Waals surface area contributed by atoms with Gasteiger partial charge in [-0.15, -0.1) is 0 Å². The van der Waals surface area contributed by atoms with Crippen molar-refractivity contribution in [3.63, 3.8) is 0 Å². The van der Waals surface area contributed by atoms with Gasteiger partial charge in [0, 0.05) is 26.1 Å². The zero-order valence-electron chi connectivity index (χ0n) is 16.7. The van der Waals surface area contributed by atoms with Gasteiger partial charge in [0.1, 0.15) is 42.7 Å². The highest BCUT2D eigenvalue weighted by Crippen LogP contribution is 2.24. The van der Waals surface area contributed by atoms with Crippen LogP contribution in [-0.2, 0) is 14.3 Å². The average Bonchev–Trinajstić information content (AvgIpc) is 2.75. The highest BCUT2D eigenvalue weighted by atomic mass is 16.7. The molecule has 1 aliphatic rings. The largest absolute Gasteiger partial charge is 0.394 e. The Bertz CT molecular complexity index is 498. The van der Waals surface area contributed by atoms with E-state index in [9.17, 15) is 45.6 Å². The first-order chi connectivity index (χ1) is 14.2. The van der Waals surface area contributed by atoms with Gasteiger partial charge in [0.25, 0.3) is 0 Å². The van der Waals surface area contributed by atoms with E-state index < -0.39 is 68.3 Å². The molecule has 9 unspecified atom stereocenters. The Kier molecular flexibility index (Phi) is 12.1. The maximum absolute atomic E-state index is 11.1. The second-order valence-electron chi connectivity index (χ2n) is 7.01. The molecule has 30 heavy (non-hydrogen) atoms. The van der Waals surface area contributed by atoms with E-state index in [4.69, 9.17) is 9.47 Å². The van der Waals surface area contributed by atoms with Crippen LogP contribution < -0.4 is 10.6 Å². The fourth-order valence-corrected chi connectivity index (χ4v) is 2.84. The molecule has 1 saturated heterocycles. The van der Waals surface area contributed by atoms with E-state index in [1.807, 2.05) is 0 Å². The number of hydrogen-bond donors (Lipinski definition) is 10. The summed E-state index contributed by atoms with van der Waals surface area (Å²) < 4.78 is 10.5. The van der Waals surface area contributed by atoms with Gasteiger partial charge in [-0.25, -0.2) is 0 Å². The van der Waals surface area contributed by atoms with Gasteiger partial charge in [-0.1, -0.05) is 6.92 Å². The highest BCUT2D eigenvalue weighted by molar-refractivity contribution is 5.75. The van der Waals surface area contributed by atoms with E-state index in [1.165, 1.54) is 0 Å². The number of hydrogen-bond acceptors (Lipinski definition) is 12. The maximum Gasteiger partial charge on any atom is 0.219 e. The lowest BCUT2D eigenvalue weighted by Gasteiger charge is -2.42. The number of ether oxygens (including phenoxy) is 2. The van der Waals surface area contributed by atoms with Crippen LogP contribution in [0.2, 0.25) is 0 Å². The smallest absolute Gasteiger partial charge is 0.219 e. The minimum Gasteiger partial charge on any atom is -0.394 e. The topological polar surface area (TPSA) is 221 Å². The van der Waals surface area contributed by atoms with Crippen molar-refractivity contribution in [3.05, 3.63) is 0 Å². The van der Waals surface area contributed by atoms with E-state index in [0.717, 1.165) is 0 Å². The Morgan fingerprint density at radius 2 is 1.70 bits per heavy atom. The van der Waals surface area contributed by atoms with E-state index >= 15 is 0 Å². The van der Waals surface area contributed by atoms with Crippen LogP contribution in [0.1, 0.15) is 13.3 Å². The lowest BCUT2D eigenvalue weighted by molar-refractivity contribution is -0.327. The van der Waals surface area contributed by atoms with Crippen molar-refractivity contribution < 1.29 is 55.1 Å². The van der Waals surface area contributed by atoms with Gasteiger partial charge in [-0.2, -0.15) is 0 Å². The van der Waals surface area contributed by atoms with Gasteiger partial charge in [-0.3, -0.25) is 4.79 Å². The molecule has 0 aliphatic carbocycles. The molecule has 1 amide bonds. The van der Waals surface area contributed by atoms with Crippen LogP contribution in [-0.4, -0.2) is 135 Å². The monoisotopic (exact) mass is 442 g/mol. The van der Waals surface area contributed by atoms with Gasteiger partial charge in [0.15, 0.2) is 6.29 Å². The molecule has 13 nitrogen and oxygen atoms in total. The molecule has 1 fully saturated rings. The Morgan fingerprint density at radius 1 is 1.03 bits per heavy atom. The Morgan fingerprint density at radius 3 is 2.27 bits per heavy atom. The standard InChI is InChI=1S/C17H34N2O11/c1-2-11(24)19-4-3-18-5-8(22)12(25)16(9(23)6-20)30-17-15(28)14(27)13(26)10(7-21)29-17/h8-10,12-18,20-23,25-28H,2-7H2,1H3,(H,19,24). The third-order valence-electron chi connectivity index (χ3n) is 4.74. The van der Waals surface area contributed by atoms with Gasteiger partial charge >= 0.3 is 0 Å². The van der Waals surface area contributed by atoms with Crippen molar-refractivity contribution in [2.24, 2.45) is 0 Å². The van der Waals surface area contributed by atoms with E-state index in [2.05, 4.69) is 10.6 Å². The number of carbonyl (C=O) groups is 1. The van der Waals surface area contributed by atoms with Gasteiger partial charge in [0.2, 0.25) is 5.91 Å². The Labute approximate surface area is 173 Å². The molecule has 10 N–H and O–H groups in total. The first-order valence-electron chi connectivity index (χ1n) is 9.76. The molecule has 0 aromatic rings. The van der Waals surface area contributed by atoms with Crippen molar-refractivity contribution in [3.8, 4) is 0 Å². The predicted molar refractivity (Wildman–Crippen MR) is 99.9 cm³/mol. The minimum absolute atomic E-state index is 0.142. The summed E-state index contributed by atoms with van der Waals surface area (Å²) in [6, 6.07) is 0. The molecule has 1 rings (SSSR count). The summed E-state index contributed by atoms with van der Waals surface area (Å²) in [5, 5.41) is 84.0. The number of rotatable bonds is 13. The van der Waals surface area contributed by atoms with Crippen LogP contribution in [0, 0.1) is 0 Å². The molecule has 0 radical (unpaired) electrons. The highest BCUT2D eigenvalue weighted by Gasteiger charge is 2.46. The van der Waals surface area contributed by atoms with Crippen LogP contribution in [0.5, 0.6) is 0 Å². The van der Waals surface area contributed by atoms with Crippen molar-refractivity contribution in [1.29, 1.82) is 0 Å². The Hall–Kier alpha value is -0.970. The second-order valence-corrected chi connectivity index (χ2v) is 7.01. The van der Waals surface area contributed by atoms with Crippen molar-refractivity contribution >= 4 is 5.91 Å². The molecule has 9 atom stereocenters. The van der Waals surface area contributed by atoms with E-state index in [1.54, 1.807) is 6.92 Å². The summed E-state index contributed by atoms with van der Waals surface area (Å²) >= 11 is 0. The fraction of sp³-hybridized carbons (Fsp3) is 0.941. The van der Waals surface area contributed by atoms with Crippen LogP contribution >= 0.6 is 0 Å². The summed E-state index contributed by atoms with van der Waals surface area (Å²) in [6.45, 7) is 0.556. The zero-order chi connectivity index (χ0) is 22.8. The summed E-state index contributed by atoms with van der Waals surface area (Å²) in [4.78, 5) is 11.1. The van der Waals surface area contributed by atoms with E-state index in [0.29, 0.717) is 13.0 Å². The van der Waals surface area contributed by atoms with Crippen LogP contribution in [0.3, 0.4) is 0 Å². The van der Waals surface area contributed by atoms with Crippen molar-refractivity contribution in [2.75, 3.05) is 32.8 Å². The second kappa shape index (κ2) is 13.4. The molecule has 0 aromatic heterocycles. The zero-order valence-corrected chi connectivity index (χ0v) is 16.7. The summed E-state index contributed by atoms with van der Waals surface area (Å²) in [7, 11) is 0. The average molecular weight is 442 g/mol.